The number of hydrogen-bond donors (Lipinski definition) is 0. The number of benzene rings is 1. The Bertz CT molecular complexity index is 966. The fourth-order valence-electron chi connectivity index (χ4n) is 3.06. The van der Waals surface area contributed by atoms with E-state index in [4.69, 9.17) is 9.15 Å². The Kier molecular flexibility index (Phi) is 5.70. The number of halogens is 1. The number of fused-ring (bicyclic) bond motifs is 1. The van der Waals surface area contributed by atoms with Crippen LogP contribution in [0.5, 0.6) is 0 Å². The van der Waals surface area contributed by atoms with Gasteiger partial charge in [0.05, 0.1) is 6.61 Å². The first-order valence-corrected chi connectivity index (χ1v) is 11.3. The van der Waals surface area contributed by atoms with E-state index in [1.165, 1.54) is 12.8 Å². The van der Waals surface area contributed by atoms with E-state index in [1.54, 1.807) is 30.0 Å². The largest absolute Gasteiger partial charge is 0.460 e. The van der Waals surface area contributed by atoms with Crippen LogP contribution in [0.4, 0.5) is 5.13 Å². The van der Waals surface area contributed by atoms with E-state index < -0.39 is 5.97 Å². The Hall–Kier alpha value is -1.58. The molecule has 0 atom stereocenters. The van der Waals surface area contributed by atoms with Gasteiger partial charge in [0.2, 0.25) is 10.9 Å². The molecule has 0 aliphatic carbocycles. The number of aromatic nitrogens is 2. The number of nitrogens with zero attached hydrogens (tertiary/aromatic N) is 3. The van der Waals surface area contributed by atoms with Crippen LogP contribution in [0.25, 0.3) is 11.0 Å². The van der Waals surface area contributed by atoms with Crippen molar-refractivity contribution in [2.24, 2.45) is 0 Å². The Balaban J connectivity index is 1.59. The highest BCUT2D eigenvalue weighted by molar-refractivity contribution is 9.10. The predicted molar refractivity (Wildman–Crippen MR) is 111 cm³/mol. The molecule has 1 aromatic carbocycles. The summed E-state index contributed by atoms with van der Waals surface area (Å²) in [6.07, 6.45) is 2.42. The summed E-state index contributed by atoms with van der Waals surface area (Å²) in [6.45, 7) is 4.19. The van der Waals surface area contributed by atoms with Gasteiger partial charge in [-0.3, -0.25) is 0 Å². The zero-order chi connectivity index (χ0) is 18.8. The van der Waals surface area contributed by atoms with Crippen LogP contribution < -0.4 is 4.90 Å². The van der Waals surface area contributed by atoms with Crippen LogP contribution in [0.2, 0.25) is 0 Å². The van der Waals surface area contributed by atoms with Crippen molar-refractivity contribution in [2.45, 2.75) is 29.9 Å². The SMILES string of the molecule is CCOC(=O)c1oc2ccc(Br)cc2c1CSc1nnc(N2CCCC2)s1. The van der Waals surface area contributed by atoms with Crippen molar-refractivity contribution >= 4 is 61.1 Å². The molecule has 4 rings (SSSR count). The second kappa shape index (κ2) is 8.20. The third-order valence-electron chi connectivity index (χ3n) is 4.33. The fourth-order valence-corrected chi connectivity index (χ4v) is 5.34. The monoisotopic (exact) mass is 467 g/mol. The lowest BCUT2D eigenvalue weighted by Crippen LogP contribution is -2.17. The first-order chi connectivity index (χ1) is 13.2. The number of esters is 1. The summed E-state index contributed by atoms with van der Waals surface area (Å²) in [5, 5.41) is 10.5. The molecular weight excluding hydrogens is 450 g/mol. The second-order valence-corrected chi connectivity index (χ2v) is 9.20. The van der Waals surface area contributed by atoms with E-state index in [0.717, 1.165) is 38.0 Å². The van der Waals surface area contributed by atoms with Gasteiger partial charge >= 0.3 is 5.97 Å². The maximum Gasteiger partial charge on any atom is 0.374 e. The smallest absolute Gasteiger partial charge is 0.374 e. The van der Waals surface area contributed by atoms with Crippen LogP contribution in [0.15, 0.2) is 31.4 Å². The fraction of sp³-hybridized carbons (Fsp3) is 0.389. The maximum atomic E-state index is 12.3. The van der Waals surface area contributed by atoms with Gasteiger partial charge in [-0.25, -0.2) is 4.79 Å². The van der Waals surface area contributed by atoms with Gasteiger partial charge in [-0.15, -0.1) is 10.2 Å². The van der Waals surface area contributed by atoms with Gasteiger partial charge in [-0.1, -0.05) is 39.0 Å². The minimum atomic E-state index is -0.435. The standard InChI is InChI=1S/C18H18BrN3O3S2/c1-2-24-16(23)15-13(12-9-11(19)5-6-14(12)25-15)10-26-18-21-20-17(27-18)22-7-3-4-8-22/h5-6,9H,2-4,7-8,10H2,1H3. The molecule has 6 nitrogen and oxygen atoms in total. The number of anilines is 1. The number of ether oxygens (including phenoxy) is 1. The van der Waals surface area contributed by atoms with E-state index in [2.05, 4.69) is 31.0 Å². The quantitative estimate of drug-likeness (QED) is 0.368. The number of carbonyl (C=O) groups excluding carboxylic acids is 1. The van der Waals surface area contributed by atoms with Gasteiger partial charge in [0.25, 0.3) is 0 Å². The van der Waals surface area contributed by atoms with E-state index in [9.17, 15) is 4.79 Å². The third-order valence-corrected chi connectivity index (χ3v) is 6.96. The average Bonchev–Trinajstić information content (AvgIpc) is 3.39. The molecule has 1 aliphatic heterocycles. The lowest BCUT2D eigenvalue weighted by Gasteiger charge is -2.10. The van der Waals surface area contributed by atoms with E-state index in [0.29, 0.717) is 17.9 Å². The molecule has 27 heavy (non-hydrogen) atoms. The molecule has 0 unspecified atom stereocenters. The molecule has 3 aromatic rings. The number of rotatable bonds is 6. The molecule has 0 bridgehead atoms. The van der Waals surface area contributed by atoms with E-state index in [1.807, 2.05) is 18.2 Å². The van der Waals surface area contributed by atoms with Crippen LogP contribution in [0, 0.1) is 0 Å². The minimum absolute atomic E-state index is 0.265. The summed E-state index contributed by atoms with van der Waals surface area (Å²) in [5.41, 5.74) is 1.50. The molecule has 142 valence electrons. The maximum absolute atomic E-state index is 12.3. The topological polar surface area (TPSA) is 68.5 Å². The minimum Gasteiger partial charge on any atom is -0.460 e. The highest BCUT2D eigenvalue weighted by Crippen LogP contribution is 2.36. The van der Waals surface area contributed by atoms with Crippen molar-refractivity contribution in [3.8, 4) is 0 Å². The molecular formula is C18H18BrN3O3S2. The third kappa shape index (κ3) is 4.00. The Morgan fingerprint density at radius 3 is 2.96 bits per heavy atom. The van der Waals surface area contributed by atoms with Crippen LogP contribution in [0.3, 0.4) is 0 Å². The summed E-state index contributed by atoms with van der Waals surface area (Å²) in [7, 11) is 0. The van der Waals surface area contributed by atoms with Gasteiger partial charge in [-0.2, -0.15) is 0 Å². The number of carbonyl (C=O) groups is 1. The number of thioether (sulfide) groups is 1. The molecule has 0 N–H and O–H groups in total. The summed E-state index contributed by atoms with van der Waals surface area (Å²) in [6, 6.07) is 5.71. The Morgan fingerprint density at radius 2 is 2.19 bits per heavy atom. The van der Waals surface area contributed by atoms with Gasteiger partial charge in [0.15, 0.2) is 4.34 Å². The van der Waals surface area contributed by atoms with Crippen molar-refractivity contribution in [1.82, 2.24) is 10.2 Å². The summed E-state index contributed by atoms with van der Waals surface area (Å²) >= 11 is 6.65. The van der Waals surface area contributed by atoms with Crippen molar-refractivity contribution in [2.75, 3.05) is 24.6 Å². The molecule has 0 radical (unpaired) electrons. The summed E-state index contributed by atoms with van der Waals surface area (Å²) < 4.78 is 12.8. The van der Waals surface area contributed by atoms with Crippen molar-refractivity contribution in [3.63, 3.8) is 0 Å². The highest BCUT2D eigenvalue weighted by atomic mass is 79.9. The molecule has 1 saturated heterocycles. The predicted octanol–water partition coefficient (Wildman–Crippen LogP) is 5.12. The van der Waals surface area contributed by atoms with Crippen molar-refractivity contribution < 1.29 is 13.9 Å². The van der Waals surface area contributed by atoms with Crippen LogP contribution >= 0.6 is 39.0 Å². The first-order valence-electron chi connectivity index (χ1n) is 8.75. The van der Waals surface area contributed by atoms with E-state index >= 15 is 0 Å². The van der Waals surface area contributed by atoms with E-state index in [-0.39, 0.29) is 5.76 Å². The van der Waals surface area contributed by atoms with Gasteiger partial charge < -0.3 is 14.1 Å². The number of furan rings is 1. The summed E-state index contributed by atoms with van der Waals surface area (Å²) in [4.78, 5) is 14.6. The summed E-state index contributed by atoms with van der Waals surface area (Å²) in [5.74, 6) is 0.392. The van der Waals surface area contributed by atoms with Crippen molar-refractivity contribution in [3.05, 3.63) is 34.0 Å². The highest BCUT2D eigenvalue weighted by Gasteiger charge is 2.23. The molecule has 3 heterocycles. The first kappa shape index (κ1) is 18.8. The lowest BCUT2D eigenvalue weighted by atomic mass is 10.1. The van der Waals surface area contributed by atoms with Crippen LogP contribution in [-0.2, 0) is 10.5 Å². The molecule has 0 amide bonds. The molecule has 9 heteroatoms. The van der Waals surface area contributed by atoms with Crippen molar-refractivity contribution in [1.29, 1.82) is 0 Å². The van der Waals surface area contributed by atoms with Gasteiger partial charge in [-0.05, 0) is 38.0 Å². The molecule has 1 aliphatic rings. The normalized spacial score (nSPS) is 14.2. The average molecular weight is 468 g/mol. The molecule has 0 spiro atoms. The lowest BCUT2D eigenvalue weighted by molar-refractivity contribution is 0.0491. The van der Waals surface area contributed by atoms with Gasteiger partial charge in [0.1, 0.15) is 5.58 Å². The van der Waals surface area contributed by atoms with Crippen LogP contribution in [0.1, 0.15) is 35.9 Å². The number of hydrogen-bond acceptors (Lipinski definition) is 8. The zero-order valence-electron chi connectivity index (χ0n) is 14.7. The molecule has 1 fully saturated rings. The molecule has 2 aromatic heterocycles. The second-order valence-electron chi connectivity index (χ2n) is 6.10. The Morgan fingerprint density at radius 1 is 1.37 bits per heavy atom. The van der Waals surface area contributed by atoms with Gasteiger partial charge in [0, 0.05) is 34.3 Å². The molecule has 0 saturated carbocycles. The van der Waals surface area contributed by atoms with Crippen LogP contribution in [-0.4, -0.2) is 35.9 Å². The zero-order valence-corrected chi connectivity index (χ0v) is 18.0. The Labute approximate surface area is 173 Å².